The van der Waals surface area contributed by atoms with Crippen molar-refractivity contribution in [2.24, 2.45) is 5.73 Å². The molecule has 82 valence electrons. The van der Waals surface area contributed by atoms with Crippen molar-refractivity contribution < 1.29 is 9.53 Å². The van der Waals surface area contributed by atoms with E-state index in [1.807, 2.05) is 25.1 Å². The van der Waals surface area contributed by atoms with Crippen molar-refractivity contribution in [2.75, 3.05) is 0 Å². The van der Waals surface area contributed by atoms with Gasteiger partial charge in [0.05, 0.1) is 5.56 Å². The van der Waals surface area contributed by atoms with E-state index in [1.54, 1.807) is 6.07 Å². The van der Waals surface area contributed by atoms with E-state index in [2.05, 4.69) is 0 Å². The van der Waals surface area contributed by atoms with Gasteiger partial charge in [-0.2, -0.15) is 0 Å². The fraction of sp³-hybridized carbons (Fsp3) is 0.364. The number of benzene rings is 1. The van der Waals surface area contributed by atoms with Crippen LogP contribution in [0.15, 0.2) is 24.3 Å². The Morgan fingerprint density at radius 2 is 2.13 bits per heavy atom. The molecule has 0 saturated heterocycles. The number of rotatable bonds is 2. The Balaban J connectivity index is 0.00000112. The van der Waals surface area contributed by atoms with E-state index >= 15 is 0 Å². The van der Waals surface area contributed by atoms with Gasteiger partial charge in [-0.25, -0.2) is 4.79 Å². The molecular weight excluding hydrogens is 214 g/mol. The van der Waals surface area contributed by atoms with Gasteiger partial charge in [0.1, 0.15) is 6.10 Å². The zero-order valence-electron chi connectivity index (χ0n) is 8.47. The average Bonchev–Trinajstić information content (AvgIpc) is 2.56. The fourth-order valence-corrected chi connectivity index (χ4v) is 1.71. The van der Waals surface area contributed by atoms with Gasteiger partial charge in [-0.1, -0.05) is 25.1 Å². The molecule has 0 bridgehead atoms. The predicted molar refractivity (Wildman–Crippen MR) is 60.1 cm³/mol. The second-order valence-corrected chi connectivity index (χ2v) is 3.49. The normalized spacial score (nSPS) is 20.1. The van der Waals surface area contributed by atoms with Crippen LogP contribution < -0.4 is 5.73 Å². The Morgan fingerprint density at radius 3 is 2.80 bits per heavy atom. The van der Waals surface area contributed by atoms with Crippen LogP contribution in [0, 0.1) is 0 Å². The number of carbonyl (C=O) groups excluding carboxylic acids is 1. The molecule has 0 aliphatic carbocycles. The van der Waals surface area contributed by atoms with E-state index in [0.717, 1.165) is 12.0 Å². The zero-order valence-corrected chi connectivity index (χ0v) is 9.29. The maximum absolute atomic E-state index is 11.4. The molecule has 0 aromatic heterocycles. The van der Waals surface area contributed by atoms with Gasteiger partial charge in [0.15, 0.2) is 0 Å². The molecule has 15 heavy (non-hydrogen) atoms. The predicted octanol–water partition coefficient (Wildman–Crippen LogP) is 2.06. The van der Waals surface area contributed by atoms with Crippen LogP contribution in [0.3, 0.4) is 0 Å². The van der Waals surface area contributed by atoms with Gasteiger partial charge in [0.2, 0.25) is 0 Å². The summed E-state index contributed by atoms with van der Waals surface area (Å²) in [7, 11) is 0. The molecule has 2 atom stereocenters. The van der Waals surface area contributed by atoms with Gasteiger partial charge < -0.3 is 10.5 Å². The highest BCUT2D eigenvalue weighted by molar-refractivity contribution is 5.94. The van der Waals surface area contributed by atoms with Crippen LogP contribution >= 0.6 is 12.4 Å². The van der Waals surface area contributed by atoms with Crippen LogP contribution in [0.1, 0.15) is 35.4 Å². The van der Waals surface area contributed by atoms with Crippen LogP contribution in [0.25, 0.3) is 0 Å². The second-order valence-electron chi connectivity index (χ2n) is 3.49. The lowest BCUT2D eigenvalue weighted by atomic mass is 9.99. The molecule has 4 heteroatoms. The number of cyclic esters (lactones) is 1. The first-order valence-electron chi connectivity index (χ1n) is 4.79. The number of carbonyl (C=O) groups is 1. The fourth-order valence-electron chi connectivity index (χ4n) is 1.71. The highest BCUT2D eigenvalue weighted by atomic mass is 35.5. The Hall–Kier alpha value is -1.06. The summed E-state index contributed by atoms with van der Waals surface area (Å²) < 4.78 is 5.22. The van der Waals surface area contributed by atoms with Crippen molar-refractivity contribution in [1.29, 1.82) is 0 Å². The van der Waals surface area contributed by atoms with Gasteiger partial charge in [-0.05, 0) is 12.5 Å². The number of esters is 1. The maximum atomic E-state index is 11.4. The van der Waals surface area contributed by atoms with E-state index < -0.39 is 0 Å². The van der Waals surface area contributed by atoms with E-state index in [0.29, 0.717) is 5.56 Å². The van der Waals surface area contributed by atoms with E-state index in [1.165, 1.54) is 0 Å². The summed E-state index contributed by atoms with van der Waals surface area (Å²) in [6.45, 7) is 1.99. The number of nitrogens with two attached hydrogens (primary N) is 1. The molecule has 2 N–H and O–H groups in total. The Bertz CT molecular complexity index is 367. The minimum Gasteiger partial charge on any atom is -0.452 e. The lowest BCUT2D eigenvalue weighted by Gasteiger charge is -2.16. The number of ether oxygens (including phenoxy) is 1. The quantitative estimate of drug-likeness (QED) is 0.787. The van der Waals surface area contributed by atoms with Crippen molar-refractivity contribution in [1.82, 2.24) is 0 Å². The van der Waals surface area contributed by atoms with Crippen LogP contribution in [-0.4, -0.2) is 12.0 Å². The van der Waals surface area contributed by atoms with Crippen LogP contribution in [0.4, 0.5) is 0 Å². The Labute approximate surface area is 95.0 Å². The topological polar surface area (TPSA) is 52.3 Å². The molecule has 0 spiro atoms. The third-order valence-electron chi connectivity index (χ3n) is 2.58. The second kappa shape index (κ2) is 4.64. The van der Waals surface area contributed by atoms with Crippen molar-refractivity contribution in [3.63, 3.8) is 0 Å². The van der Waals surface area contributed by atoms with Crippen LogP contribution in [-0.2, 0) is 4.74 Å². The highest BCUT2D eigenvalue weighted by Crippen LogP contribution is 2.32. The molecular formula is C11H14ClNO2. The van der Waals surface area contributed by atoms with Gasteiger partial charge in [0.25, 0.3) is 0 Å². The van der Waals surface area contributed by atoms with Gasteiger partial charge in [-0.15, -0.1) is 12.4 Å². The average molecular weight is 228 g/mol. The van der Waals surface area contributed by atoms with Crippen LogP contribution in [0.2, 0.25) is 0 Å². The summed E-state index contributed by atoms with van der Waals surface area (Å²) in [6.07, 6.45) is 0.537. The minimum atomic E-state index is -0.260. The smallest absolute Gasteiger partial charge is 0.339 e. The molecule has 3 nitrogen and oxygen atoms in total. The number of halogens is 1. The minimum absolute atomic E-state index is 0. The standard InChI is InChI=1S/C11H13NO2.ClH/c1-2-9(12)10-7-5-3-4-6-8(7)11(13)14-10;/h3-6,9-10H,2,12H2,1H3;1H. The maximum Gasteiger partial charge on any atom is 0.339 e. The zero-order chi connectivity index (χ0) is 10.1. The van der Waals surface area contributed by atoms with Gasteiger partial charge >= 0.3 is 5.97 Å². The third kappa shape index (κ3) is 1.98. The molecule has 1 aliphatic heterocycles. The summed E-state index contributed by atoms with van der Waals surface area (Å²) in [5.41, 5.74) is 7.46. The lowest BCUT2D eigenvalue weighted by molar-refractivity contribution is 0.0326. The molecule has 2 rings (SSSR count). The summed E-state index contributed by atoms with van der Waals surface area (Å²) in [6, 6.07) is 7.30. The van der Waals surface area contributed by atoms with Crippen LogP contribution in [0.5, 0.6) is 0 Å². The molecule has 1 heterocycles. The Morgan fingerprint density at radius 1 is 1.47 bits per heavy atom. The molecule has 0 radical (unpaired) electrons. The molecule has 1 aromatic carbocycles. The van der Waals surface area contributed by atoms with E-state index in [-0.39, 0.29) is 30.5 Å². The monoisotopic (exact) mass is 227 g/mol. The number of hydrogen-bond donors (Lipinski definition) is 1. The summed E-state index contributed by atoms with van der Waals surface area (Å²) >= 11 is 0. The first-order chi connectivity index (χ1) is 6.74. The summed E-state index contributed by atoms with van der Waals surface area (Å²) in [5, 5.41) is 0. The molecule has 0 fully saturated rings. The Kier molecular flexibility index (Phi) is 3.72. The molecule has 1 aromatic rings. The third-order valence-corrected chi connectivity index (χ3v) is 2.58. The van der Waals surface area contributed by atoms with Crippen molar-refractivity contribution in [2.45, 2.75) is 25.5 Å². The number of fused-ring (bicyclic) bond motifs is 1. The summed E-state index contributed by atoms with van der Waals surface area (Å²) in [4.78, 5) is 11.4. The molecule has 2 unspecified atom stereocenters. The lowest BCUT2D eigenvalue weighted by Crippen LogP contribution is -2.27. The first-order valence-corrected chi connectivity index (χ1v) is 4.79. The van der Waals surface area contributed by atoms with Gasteiger partial charge in [0, 0.05) is 11.6 Å². The SMILES string of the molecule is CCC(N)C1OC(=O)c2ccccc21.Cl. The van der Waals surface area contributed by atoms with E-state index in [9.17, 15) is 4.79 Å². The molecule has 1 aliphatic rings. The number of hydrogen-bond acceptors (Lipinski definition) is 3. The molecule has 0 saturated carbocycles. The van der Waals surface area contributed by atoms with Crippen molar-refractivity contribution in [3.05, 3.63) is 35.4 Å². The van der Waals surface area contributed by atoms with E-state index in [4.69, 9.17) is 10.5 Å². The molecule has 0 amide bonds. The van der Waals surface area contributed by atoms with Gasteiger partial charge in [-0.3, -0.25) is 0 Å². The first kappa shape index (κ1) is 12.0. The highest BCUT2D eigenvalue weighted by Gasteiger charge is 2.33. The van der Waals surface area contributed by atoms with Crippen molar-refractivity contribution in [3.8, 4) is 0 Å². The summed E-state index contributed by atoms with van der Waals surface area (Å²) in [5.74, 6) is -0.255. The van der Waals surface area contributed by atoms with Crippen molar-refractivity contribution >= 4 is 18.4 Å². The largest absolute Gasteiger partial charge is 0.452 e.